The van der Waals surface area contributed by atoms with Crippen molar-refractivity contribution in [3.63, 3.8) is 0 Å². The molecular formula is C27H26N2O. The van der Waals surface area contributed by atoms with Crippen LogP contribution in [0, 0.1) is 0 Å². The predicted octanol–water partition coefficient (Wildman–Crippen LogP) is 5.61. The summed E-state index contributed by atoms with van der Waals surface area (Å²) in [6.07, 6.45) is 0.973. The summed E-state index contributed by atoms with van der Waals surface area (Å²) in [5.41, 5.74) is 6.07. The van der Waals surface area contributed by atoms with Crippen molar-refractivity contribution in [1.82, 2.24) is 9.88 Å². The molecule has 1 aliphatic heterocycles. The SMILES string of the molecule is CC1CN(Cc2ccccc2)Cc2cc3cccc(Cc4ccccc4)c3nc2O1. The van der Waals surface area contributed by atoms with Gasteiger partial charge in [0.2, 0.25) is 5.88 Å². The maximum Gasteiger partial charge on any atom is 0.218 e. The Morgan fingerprint density at radius 3 is 2.40 bits per heavy atom. The summed E-state index contributed by atoms with van der Waals surface area (Å²) in [6.45, 7) is 4.79. The standard InChI is InChI=1S/C27H26N2O/c1-20-17-29(18-22-11-6-3-7-12-22)19-25-16-24-14-8-13-23(26(24)28-27(25)30-20)15-21-9-4-2-5-10-21/h2-14,16,20H,15,17-19H2,1H3. The summed E-state index contributed by atoms with van der Waals surface area (Å²) in [5.74, 6) is 0.783. The summed E-state index contributed by atoms with van der Waals surface area (Å²) in [5, 5.41) is 1.18. The monoisotopic (exact) mass is 394 g/mol. The van der Waals surface area contributed by atoms with E-state index < -0.39 is 0 Å². The van der Waals surface area contributed by atoms with E-state index in [2.05, 4.69) is 96.8 Å². The molecule has 1 aromatic heterocycles. The third-order valence-electron chi connectivity index (χ3n) is 5.68. The fourth-order valence-corrected chi connectivity index (χ4v) is 4.32. The molecule has 1 unspecified atom stereocenters. The van der Waals surface area contributed by atoms with Gasteiger partial charge in [-0.1, -0.05) is 78.9 Å². The number of nitrogens with zero attached hydrogens (tertiary/aromatic N) is 2. The van der Waals surface area contributed by atoms with Gasteiger partial charge in [0.05, 0.1) is 5.52 Å². The van der Waals surface area contributed by atoms with E-state index in [1.54, 1.807) is 0 Å². The first-order valence-electron chi connectivity index (χ1n) is 10.6. The Morgan fingerprint density at radius 1 is 0.900 bits per heavy atom. The average Bonchev–Trinajstić information content (AvgIpc) is 2.91. The lowest BCUT2D eigenvalue weighted by Crippen LogP contribution is -2.30. The Labute approximate surface area is 178 Å². The molecule has 0 N–H and O–H groups in total. The van der Waals surface area contributed by atoms with E-state index >= 15 is 0 Å². The molecule has 0 fully saturated rings. The molecule has 150 valence electrons. The van der Waals surface area contributed by atoms with Crippen molar-refractivity contribution in [2.24, 2.45) is 0 Å². The van der Waals surface area contributed by atoms with Gasteiger partial charge in [-0.3, -0.25) is 4.90 Å². The van der Waals surface area contributed by atoms with Crippen LogP contribution in [0.5, 0.6) is 5.88 Å². The van der Waals surface area contributed by atoms with Gasteiger partial charge in [0, 0.05) is 30.6 Å². The van der Waals surface area contributed by atoms with Crippen LogP contribution >= 0.6 is 0 Å². The highest BCUT2D eigenvalue weighted by molar-refractivity contribution is 5.83. The molecule has 30 heavy (non-hydrogen) atoms. The van der Waals surface area contributed by atoms with Crippen LogP contribution in [0.25, 0.3) is 10.9 Å². The molecule has 0 saturated carbocycles. The Hall–Kier alpha value is -3.17. The van der Waals surface area contributed by atoms with Crippen LogP contribution in [-0.2, 0) is 19.5 Å². The van der Waals surface area contributed by atoms with Gasteiger partial charge in [0.1, 0.15) is 6.10 Å². The highest BCUT2D eigenvalue weighted by atomic mass is 16.5. The number of rotatable bonds is 4. The number of hydrogen-bond donors (Lipinski definition) is 0. The van der Waals surface area contributed by atoms with Crippen LogP contribution < -0.4 is 4.74 Å². The maximum absolute atomic E-state index is 6.29. The molecule has 3 heteroatoms. The quantitative estimate of drug-likeness (QED) is 0.450. The summed E-state index contributed by atoms with van der Waals surface area (Å²) < 4.78 is 6.29. The topological polar surface area (TPSA) is 25.4 Å². The molecule has 4 aromatic rings. The number of hydrogen-bond acceptors (Lipinski definition) is 3. The van der Waals surface area contributed by atoms with E-state index in [0.29, 0.717) is 0 Å². The number of fused-ring (bicyclic) bond motifs is 2. The number of aromatic nitrogens is 1. The van der Waals surface area contributed by atoms with Gasteiger partial charge in [0.15, 0.2) is 0 Å². The van der Waals surface area contributed by atoms with Crippen LogP contribution in [0.15, 0.2) is 84.9 Å². The van der Waals surface area contributed by atoms with E-state index in [1.165, 1.54) is 27.6 Å². The second kappa shape index (κ2) is 8.29. The minimum atomic E-state index is 0.0983. The largest absolute Gasteiger partial charge is 0.473 e. The Morgan fingerprint density at radius 2 is 1.63 bits per heavy atom. The lowest BCUT2D eigenvalue weighted by Gasteiger charge is -2.21. The first-order valence-corrected chi connectivity index (χ1v) is 10.6. The van der Waals surface area contributed by atoms with Crippen molar-refractivity contribution < 1.29 is 4.74 Å². The van der Waals surface area contributed by atoms with E-state index in [4.69, 9.17) is 9.72 Å². The minimum Gasteiger partial charge on any atom is -0.473 e. The number of benzene rings is 3. The zero-order valence-corrected chi connectivity index (χ0v) is 17.3. The van der Waals surface area contributed by atoms with E-state index in [9.17, 15) is 0 Å². The van der Waals surface area contributed by atoms with Gasteiger partial charge < -0.3 is 4.74 Å². The molecule has 3 nitrogen and oxygen atoms in total. The lowest BCUT2D eigenvalue weighted by atomic mass is 10.0. The number of pyridine rings is 1. The van der Waals surface area contributed by atoms with Crippen molar-refractivity contribution in [1.29, 1.82) is 0 Å². The summed E-state index contributed by atoms with van der Waals surface area (Å²) in [6, 6.07) is 30.0. The minimum absolute atomic E-state index is 0.0983. The van der Waals surface area contributed by atoms with Gasteiger partial charge in [-0.25, -0.2) is 4.98 Å². The number of ether oxygens (including phenoxy) is 1. The van der Waals surface area contributed by atoms with Crippen LogP contribution in [0.4, 0.5) is 0 Å². The fraction of sp³-hybridized carbons (Fsp3) is 0.222. The highest BCUT2D eigenvalue weighted by Crippen LogP contribution is 2.30. The van der Waals surface area contributed by atoms with Crippen molar-refractivity contribution in [3.8, 4) is 5.88 Å². The van der Waals surface area contributed by atoms with Crippen molar-refractivity contribution in [3.05, 3.63) is 107 Å². The first kappa shape index (κ1) is 18.8. The molecule has 1 atom stereocenters. The van der Waals surface area contributed by atoms with E-state index in [0.717, 1.165) is 37.5 Å². The average molecular weight is 395 g/mol. The van der Waals surface area contributed by atoms with Gasteiger partial charge in [0.25, 0.3) is 0 Å². The van der Waals surface area contributed by atoms with E-state index in [1.807, 2.05) is 0 Å². The van der Waals surface area contributed by atoms with Gasteiger partial charge >= 0.3 is 0 Å². The summed E-state index contributed by atoms with van der Waals surface area (Å²) >= 11 is 0. The maximum atomic E-state index is 6.29. The smallest absolute Gasteiger partial charge is 0.218 e. The zero-order chi connectivity index (χ0) is 20.3. The Balaban J connectivity index is 1.48. The molecule has 0 saturated heterocycles. The molecule has 0 radical (unpaired) electrons. The first-order chi connectivity index (χ1) is 14.7. The fourth-order valence-electron chi connectivity index (χ4n) is 4.32. The normalized spacial score (nSPS) is 16.6. The molecule has 3 aromatic carbocycles. The molecule has 0 spiro atoms. The molecule has 1 aliphatic rings. The second-order valence-corrected chi connectivity index (χ2v) is 8.19. The second-order valence-electron chi connectivity index (χ2n) is 8.19. The Bertz CT molecular complexity index is 1140. The molecule has 5 rings (SSSR count). The van der Waals surface area contributed by atoms with E-state index in [-0.39, 0.29) is 6.10 Å². The third kappa shape index (κ3) is 4.07. The van der Waals surface area contributed by atoms with Gasteiger partial charge in [-0.15, -0.1) is 0 Å². The predicted molar refractivity (Wildman–Crippen MR) is 122 cm³/mol. The molecule has 0 amide bonds. The van der Waals surface area contributed by atoms with Gasteiger partial charge in [-0.05, 0) is 36.1 Å². The van der Waals surface area contributed by atoms with Crippen molar-refractivity contribution in [2.45, 2.75) is 32.5 Å². The highest BCUT2D eigenvalue weighted by Gasteiger charge is 2.22. The number of para-hydroxylation sites is 1. The molecule has 2 heterocycles. The molecule has 0 bridgehead atoms. The summed E-state index contributed by atoms with van der Waals surface area (Å²) in [4.78, 5) is 7.47. The van der Waals surface area contributed by atoms with Crippen LogP contribution in [-0.4, -0.2) is 22.5 Å². The molecular weight excluding hydrogens is 368 g/mol. The van der Waals surface area contributed by atoms with Crippen LogP contribution in [0.2, 0.25) is 0 Å². The van der Waals surface area contributed by atoms with Crippen LogP contribution in [0.1, 0.15) is 29.2 Å². The lowest BCUT2D eigenvalue weighted by molar-refractivity contribution is 0.153. The zero-order valence-electron chi connectivity index (χ0n) is 17.3. The van der Waals surface area contributed by atoms with Gasteiger partial charge in [-0.2, -0.15) is 0 Å². The summed E-state index contributed by atoms with van der Waals surface area (Å²) in [7, 11) is 0. The van der Waals surface area contributed by atoms with Crippen molar-refractivity contribution in [2.75, 3.05) is 6.54 Å². The van der Waals surface area contributed by atoms with Crippen molar-refractivity contribution >= 4 is 10.9 Å². The third-order valence-corrected chi connectivity index (χ3v) is 5.68. The molecule has 0 aliphatic carbocycles. The Kier molecular flexibility index (Phi) is 5.20. The van der Waals surface area contributed by atoms with Crippen LogP contribution in [0.3, 0.4) is 0 Å².